The Balaban J connectivity index is 1.99. The smallest absolute Gasteiger partial charge is 0.305 e. The van der Waals surface area contributed by atoms with Gasteiger partial charge in [0.15, 0.2) is 0 Å². The first kappa shape index (κ1) is 18.9. The van der Waals surface area contributed by atoms with Gasteiger partial charge in [-0.3, -0.25) is 19.7 Å². The summed E-state index contributed by atoms with van der Waals surface area (Å²) in [5.41, 5.74) is 1.09. The third kappa shape index (κ3) is 5.01. The van der Waals surface area contributed by atoms with Crippen LogP contribution in [0.2, 0.25) is 0 Å². The number of carbonyl (C=O) groups is 2. The van der Waals surface area contributed by atoms with Gasteiger partial charge >= 0.3 is 5.97 Å². The molecular formula is C18H24N2O5. The second-order valence-electron chi connectivity index (χ2n) is 6.36. The summed E-state index contributed by atoms with van der Waals surface area (Å²) >= 11 is 0. The van der Waals surface area contributed by atoms with E-state index >= 15 is 0 Å². The zero-order chi connectivity index (χ0) is 18.4. The maximum Gasteiger partial charge on any atom is 0.305 e. The number of hydrogen-bond acceptors (Lipinski definition) is 5. The van der Waals surface area contributed by atoms with Crippen molar-refractivity contribution in [3.63, 3.8) is 0 Å². The Morgan fingerprint density at radius 3 is 2.80 bits per heavy atom. The van der Waals surface area contributed by atoms with Gasteiger partial charge in [-0.2, -0.15) is 0 Å². The van der Waals surface area contributed by atoms with E-state index in [-0.39, 0.29) is 23.5 Å². The molecule has 0 spiro atoms. The largest absolute Gasteiger partial charge is 0.466 e. The van der Waals surface area contributed by atoms with Crippen LogP contribution in [0.3, 0.4) is 0 Å². The van der Waals surface area contributed by atoms with Crippen LogP contribution in [0.1, 0.15) is 48.5 Å². The number of piperidine rings is 1. The number of rotatable bonds is 6. The van der Waals surface area contributed by atoms with Crippen LogP contribution in [0.4, 0.5) is 5.69 Å². The molecule has 7 heteroatoms. The van der Waals surface area contributed by atoms with Crippen molar-refractivity contribution in [1.29, 1.82) is 0 Å². The van der Waals surface area contributed by atoms with Crippen molar-refractivity contribution in [3.05, 3.63) is 39.4 Å². The van der Waals surface area contributed by atoms with E-state index < -0.39 is 4.92 Å². The molecule has 7 nitrogen and oxygen atoms in total. The van der Waals surface area contributed by atoms with Gasteiger partial charge in [0.1, 0.15) is 0 Å². The fraction of sp³-hybridized carbons (Fsp3) is 0.556. The maximum atomic E-state index is 12.8. The lowest BCUT2D eigenvalue weighted by Gasteiger charge is -2.33. The number of hydrogen-bond donors (Lipinski definition) is 0. The maximum absolute atomic E-state index is 12.8. The highest BCUT2D eigenvalue weighted by Gasteiger charge is 2.26. The van der Waals surface area contributed by atoms with E-state index in [1.165, 1.54) is 18.2 Å². The Morgan fingerprint density at radius 2 is 2.16 bits per heavy atom. The van der Waals surface area contributed by atoms with Crippen LogP contribution < -0.4 is 0 Å². The predicted molar refractivity (Wildman–Crippen MR) is 92.3 cm³/mol. The highest BCUT2D eigenvalue weighted by atomic mass is 16.6. The minimum Gasteiger partial charge on any atom is -0.466 e. The summed E-state index contributed by atoms with van der Waals surface area (Å²) in [6.45, 7) is 5.15. The number of esters is 1. The molecule has 136 valence electrons. The highest BCUT2D eigenvalue weighted by molar-refractivity contribution is 5.96. The number of carbonyl (C=O) groups excluding carboxylic acids is 2. The van der Waals surface area contributed by atoms with Crippen molar-refractivity contribution in [3.8, 4) is 0 Å². The van der Waals surface area contributed by atoms with E-state index in [2.05, 4.69) is 0 Å². The normalized spacial score (nSPS) is 17.2. The van der Waals surface area contributed by atoms with Gasteiger partial charge in [0.2, 0.25) is 0 Å². The summed E-state index contributed by atoms with van der Waals surface area (Å²) in [4.78, 5) is 36.4. The number of nitrogens with zero attached hydrogens (tertiary/aromatic N) is 2. The van der Waals surface area contributed by atoms with E-state index in [0.717, 1.165) is 12.8 Å². The number of aryl methyl sites for hydroxylation is 1. The van der Waals surface area contributed by atoms with Crippen LogP contribution in [-0.2, 0) is 9.53 Å². The molecule has 1 aromatic carbocycles. The first-order chi connectivity index (χ1) is 11.9. The third-order valence-corrected chi connectivity index (χ3v) is 4.52. The summed E-state index contributed by atoms with van der Waals surface area (Å²) in [5.74, 6) is -0.0224. The van der Waals surface area contributed by atoms with Gasteiger partial charge < -0.3 is 9.64 Å². The molecule has 1 fully saturated rings. The van der Waals surface area contributed by atoms with Crippen LogP contribution in [0, 0.1) is 23.0 Å². The molecule has 1 amide bonds. The van der Waals surface area contributed by atoms with Gasteiger partial charge in [-0.15, -0.1) is 0 Å². The van der Waals surface area contributed by atoms with Crippen molar-refractivity contribution < 1.29 is 19.2 Å². The Kier molecular flexibility index (Phi) is 6.50. The lowest BCUT2D eigenvalue weighted by atomic mass is 9.92. The second kappa shape index (κ2) is 8.60. The first-order valence-corrected chi connectivity index (χ1v) is 8.62. The van der Waals surface area contributed by atoms with E-state index in [9.17, 15) is 19.7 Å². The molecule has 0 radical (unpaired) electrons. The molecule has 1 heterocycles. The van der Waals surface area contributed by atoms with Crippen LogP contribution in [0.25, 0.3) is 0 Å². The molecular weight excluding hydrogens is 324 g/mol. The number of nitro groups is 1. The fourth-order valence-electron chi connectivity index (χ4n) is 3.21. The average Bonchev–Trinajstić information content (AvgIpc) is 2.59. The van der Waals surface area contributed by atoms with Crippen LogP contribution in [0.15, 0.2) is 18.2 Å². The Bertz CT molecular complexity index is 659. The summed E-state index contributed by atoms with van der Waals surface area (Å²) < 4.78 is 4.95. The average molecular weight is 348 g/mol. The molecule has 1 unspecified atom stereocenters. The topological polar surface area (TPSA) is 89.8 Å². The molecule has 1 saturated heterocycles. The predicted octanol–water partition coefficient (Wildman–Crippen LogP) is 3.10. The number of nitro benzene ring substituents is 1. The van der Waals surface area contributed by atoms with Crippen molar-refractivity contribution in [1.82, 2.24) is 4.90 Å². The summed E-state index contributed by atoms with van der Waals surface area (Å²) in [5, 5.41) is 10.8. The van der Waals surface area contributed by atoms with Gasteiger partial charge in [0.25, 0.3) is 11.6 Å². The highest BCUT2D eigenvalue weighted by Crippen LogP contribution is 2.24. The molecule has 1 aliphatic heterocycles. The molecule has 0 aliphatic carbocycles. The Hall–Kier alpha value is -2.44. The van der Waals surface area contributed by atoms with E-state index in [4.69, 9.17) is 4.74 Å². The van der Waals surface area contributed by atoms with Gasteiger partial charge in [-0.1, -0.05) is 0 Å². The van der Waals surface area contributed by atoms with Gasteiger partial charge in [0.05, 0.1) is 11.5 Å². The van der Waals surface area contributed by atoms with E-state index in [1.54, 1.807) is 18.7 Å². The van der Waals surface area contributed by atoms with Crippen LogP contribution in [-0.4, -0.2) is 41.4 Å². The minimum absolute atomic E-state index is 0.0139. The lowest BCUT2D eigenvalue weighted by Crippen LogP contribution is -2.40. The monoisotopic (exact) mass is 348 g/mol. The summed E-state index contributed by atoms with van der Waals surface area (Å²) in [7, 11) is 0. The molecule has 25 heavy (non-hydrogen) atoms. The fourth-order valence-corrected chi connectivity index (χ4v) is 3.21. The molecule has 0 N–H and O–H groups in total. The van der Waals surface area contributed by atoms with E-state index in [0.29, 0.717) is 43.7 Å². The molecule has 1 aliphatic rings. The van der Waals surface area contributed by atoms with Gasteiger partial charge in [-0.05, 0) is 50.7 Å². The Morgan fingerprint density at radius 1 is 1.40 bits per heavy atom. The number of likely N-dealkylation sites (tertiary alicyclic amines) is 1. The number of ether oxygens (including phenoxy) is 1. The number of non-ortho nitro benzene ring substituents is 1. The Labute approximate surface area is 147 Å². The van der Waals surface area contributed by atoms with Crippen molar-refractivity contribution >= 4 is 17.6 Å². The van der Waals surface area contributed by atoms with Gasteiger partial charge in [0, 0.05) is 37.2 Å². The third-order valence-electron chi connectivity index (χ3n) is 4.52. The van der Waals surface area contributed by atoms with Crippen molar-refractivity contribution in [2.75, 3.05) is 19.7 Å². The van der Waals surface area contributed by atoms with Crippen molar-refractivity contribution in [2.45, 2.75) is 39.5 Å². The van der Waals surface area contributed by atoms with Crippen molar-refractivity contribution in [2.24, 2.45) is 5.92 Å². The number of amides is 1. The second-order valence-corrected chi connectivity index (χ2v) is 6.36. The van der Waals surface area contributed by atoms with Gasteiger partial charge in [-0.25, -0.2) is 0 Å². The summed E-state index contributed by atoms with van der Waals surface area (Å²) in [6.07, 6.45) is 2.96. The van der Waals surface area contributed by atoms with Crippen LogP contribution in [0.5, 0.6) is 0 Å². The zero-order valence-corrected chi connectivity index (χ0v) is 14.7. The minimum atomic E-state index is -0.465. The summed E-state index contributed by atoms with van der Waals surface area (Å²) in [6, 6.07) is 4.32. The molecule has 0 bridgehead atoms. The number of benzene rings is 1. The lowest BCUT2D eigenvalue weighted by molar-refractivity contribution is -0.384. The molecule has 1 atom stereocenters. The first-order valence-electron chi connectivity index (χ1n) is 8.62. The molecule has 0 saturated carbocycles. The quantitative estimate of drug-likeness (QED) is 0.448. The van der Waals surface area contributed by atoms with Crippen LogP contribution >= 0.6 is 0 Å². The standard InChI is InChI=1S/C18H24N2O5/c1-3-25-17(21)9-6-14-5-4-10-19(12-14)18(22)16-8-7-15(20(23)24)11-13(16)2/h7-8,11,14H,3-6,9-10,12H2,1-2H3. The molecule has 2 rings (SSSR count). The SMILES string of the molecule is CCOC(=O)CCC1CCCN(C(=O)c2ccc([N+](=O)[O-])cc2C)C1. The zero-order valence-electron chi connectivity index (χ0n) is 14.7. The molecule has 1 aromatic rings. The molecule has 0 aromatic heterocycles. The van der Waals surface area contributed by atoms with E-state index in [1.807, 2.05) is 0 Å².